The fraction of sp³-hybridized carbons (Fsp3) is 0.562. The molecule has 0 radical (unpaired) electrons. The van der Waals surface area contributed by atoms with Crippen LogP contribution in [0.1, 0.15) is 55.0 Å². The van der Waals surface area contributed by atoms with Crippen LogP contribution in [-0.2, 0) is 6.42 Å². The molecule has 0 spiro atoms. The molecule has 0 aromatic carbocycles. The number of hydrogen-bond acceptors (Lipinski definition) is 4. The zero-order valence-electron chi connectivity index (χ0n) is 14.1. The summed E-state index contributed by atoms with van der Waals surface area (Å²) in [5.74, 6) is 2.86. The lowest BCUT2D eigenvalue weighted by molar-refractivity contribution is 0.731. The predicted molar refractivity (Wildman–Crippen MR) is 86.4 cm³/mol. The average molecular weight is 287 g/mol. The Labute approximate surface area is 126 Å². The van der Waals surface area contributed by atoms with Gasteiger partial charge in [-0.1, -0.05) is 20.8 Å². The summed E-state index contributed by atoms with van der Waals surface area (Å²) in [6, 6.07) is 0. The maximum Gasteiger partial charge on any atom is 0.162 e. The minimum absolute atomic E-state index is 0.277. The number of aromatic nitrogens is 4. The molecule has 0 aliphatic rings. The number of rotatable bonds is 4. The van der Waals surface area contributed by atoms with E-state index in [2.05, 4.69) is 50.0 Å². The van der Waals surface area contributed by atoms with Crippen molar-refractivity contribution < 1.29 is 0 Å². The summed E-state index contributed by atoms with van der Waals surface area (Å²) in [5, 5.41) is 7.85. The van der Waals surface area contributed by atoms with Gasteiger partial charge in [-0.15, -0.1) is 0 Å². The van der Waals surface area contributed by atoms with Crippen LogP contribution in [0.25, 0.3) is 5.82 Å². The van der Waals surface area contributed by atoms with E-state index < -0.39 is 0 Å². The van der Waals surface area contributed by atoms with E-state index in [0.717, 1.165) is 40.8 Å². The Morgan fingerprint density at radius 1 is 1.14 bits per heavy atom. The molecule has 5 nitrogen and oxygen atoms in total. The summed E-state index contributed by atoms with van der Waals surface area (Å²) in [6.07, 6.45) is 0.984. The van der Waals surface area contributed by atoms with Gasteiger partial charge in [-0.2, -0.15) is 5.10 Å². The Morgan fingerprint density at radius 2 is 1.81 bits per heavy atom. The van der Waals surface area contributed by atoms with Gasteiger partial charge in [-0.3, -0.25) is 0 Å². The molecule has 0 bridgehead atoms. The highest BCUT2D eigenvalue weighted by Gasteiger charge is 2.18. The molecule has 0 saturated heterocycles. The molecule has 2 rings (SSSR count). The Morgan fingerprint density at radius 3 is 2.29 bits per heavy atom. The monoisotopic (exact) mass is 287 g/mol. The second-order valence-electron chi connectivity index (χ2n) is 5.70. The SMILES string of the molecule is CCc1c(C)nn(-c2nc(C(C)C)nc(NC)c2C)c1C. The van der Waals surface area contributed by atoms with Crippen LogP contribution in [0.3, 0.4) is 0 Å². The largest absolute Gasteiger partial charge is 0.373 e. The molecule has 114 valence electrons. The number of anilines is 1. The highest BCUT2D eigenvalue weighted by atomic mass is 15.3. The van der Waals surface area contributed by atoms with Gasteiger partial charge in [0.25, 0.3) is 0 Å². The zero-order chi connectivity index (χ0) is 15.7. The van der Waals surface area contributed by atoms with Gasteiger partial charge in [0.2, 0.25) is 0 Å². The minimum Gasteiger partial charge on any atom is -0.373 e. The first-order valence-corrected chi connectivity index (χ1v) is 7.52. The van der Waals surface area contributed by atoms with Crippen molar-refractivity contribution in [2.75, 3.05) is 12.4 Å². The smallest absolute Gasteiger partial charge is 0.162 e. The molecular formula is C16H25N5. The number of hydrogen-bond donors (Lipinski definition) is 1. The first-order valence-electron chi connectivity index (χ1n) is 7.52. The zero-order valence-corrected chi connectivity index (χ0v) is 14.1. The molecule has 0 amide bonds. The molecule has 0 atom stereocenters. The van der Waals surface area contributed by atoms with Crippen LogP contribution in [0.4, 0.5) is 5.82 Å². The van der Waals surface area contributed by atoms with E-state index in [1.54, 1.807) is 0 Å². The van der Waals surface area contributed by atoms with Crippen LogP contribution in [0.15, 0.2) is 0 Å². The lowest BCUT2D eigenvalue weighted by Gasteiger charge is -2.14. The van der Waals surface area contributed by atoms with Crippen molar-refractivity contribution in [2.45, 2.75) is 53.9 Å². The Balaban J connectivity index is 2.71. The van der Waals surface area contributed by atoms with Gasteiger partial charge in [0, 0.05) is 24.2 Å². The molecule has 0 aliphatic heterocycles. The topological polar surface area (TPSA) is 55.6 Å². The van der Waals surface area contributed by atoms with Crippen LogP contribution < -0.4 is 5.32 Å². The molecule has 0 fully saturated rings. The highest BCUT2D eigenvalue weighted by molar-refractivity contribution is 5.52. The second kappa shape index (κ2) is 5.84. The van der Waals surface area contributed by atoms with Gasteiger partial charge >= 0.3 is 0 Å². The summed E-state index contributed by atoms with van der Waals surface area (Å²) in [4.78, 5) is 9.34. The summed E-state index contributed by atoms with van der Waals surface area (Å²) in [5.41, 5.74) is 4.55. The van der Waals surface area contributed by atoms with Crippen molar-refractivity contribution in [3.05, 3.63) is 28.3 Å². The third-order valence-electron chi connectivity index (χ3n) is 3.89. The van der Waals surface area contributed by atoms with Gasteiger partial charge in [-0.05, 0) is 32.8 Å². The van der Waals surface area contributed by atoms with E-state index in [1.807, 2.05) is 18.7 Å². The Hall–Kier alpha value is -1.91. The fourth-order valence-electron chi connectivity index (χ4n) is 2.62. The van der Waals surface area contributed by atoms with Gasteiger partial charge in [-0.25, -0.2) is 14.6 Å². The van der Waals surface area contributed by atoms with E-state index >= 15 is 0 Å². The van der Waals surface area contributed by atoms with E-state index in [9.17, 15) is 0 Å². The summed E-state index contributed by atoms with van der Waals surface area (Å²) >= 11 is 0. The first kappa shape index (κ1) is 15.5. The van der Waals surface area contributed by atoms with Crippen LogP contribution >= 0.6 is 0 Å². The lowest BCUT2D eigenvalue weighted by atomic mass is 10.1. The predicted octanol–water partition coefficient (Wildman–Crippen LogP) is 3.32. The van der Waals surface area contributed by atoms with Gasteiger partial charge in [0.05, 0.1) is 5.69 Å². The van der Waals surface area contributed by atoms with Crippen molar-refractivity contribution in [3.63, 3.8) is 0 Å². The van der Waals surface area contributed by atoms with Gasteiger partial charge < -0.3 is 5.32 Å². The standard InChI is InChI=1S/C16H25N5/c1-8-13-11(5)20-21(12(13)6)16-10(4)15(17-7)18-14(19-16)9(2)3/h9H,8H2,1-7H3,(H,17,18,19). The van der Waals surface area contributed by atoms with Crippen molar-refractivity contribution in [1.82, 2.24) is 19.7 Å². The molecule has 0 saturated carbocycles. The third kappa shape index (κ3) is 2.64. The van der Waals surface area contributed by atoms with Crippen molar-refractivity contribution in [2.24, 2.45) is 0 Å². The van der Waals surface area contributed by atoms with E-state index in [4.69, 9.17) is 4.98 Å². The quantitative estimate of drug-likeness (QED) is 0.937. The molecule has 5 heteroatoms. The van der Waals surface area contributed by atoms with E-state index in [0.29, 0.717) is 0 Å². The number of nitrogens with zero attached hydrogens (tertiary/aromatic N) is 4. The maximum atomic E-state index is 4.75. The van der Waals surface area contributed by atoms with Crippen LogP contribution in [0, 0.1) is 20.8 Å². The lowest BCUT2D eigenvalue weighted by Crippen LogP contribution is -2.12. The molecule has 21 heavy (non-hydrogen) atoms. The van der Waals surface area contributed by atoms with Crippen LogP contribution in [0.5, 0.6) is 0 Å². The minimum atomic E-state index is 0.277. The number of aryl methyl sites for hydroxylation is 1. The molecular weight excluding hydrogens is 262 g/mol. The third-order valence-corrected chi connectivity index (χ3v) is 3.89. The van der Waals surface area contributed by atoms with Crippen LogP contribution in [0.2, 0.25) is 0 Å². The molecule has 0 aliphatic carbocycles. The first-order chi connectivity index (χ1) is 9.90. The summed E-state index contributed by atoms with van der Waals surface area (Å²) in [6.45, 7) is 12.6. The van der Waals surface area contributed by atoms with Crippen molar-refractivity contribution in [1.29, 1.82) is 0 Å². The van der Waals surface area contributed by atoms with Crippen molar-refractivity contribution >= 4 is 5.82 Å². The molecule has 0 unspecified atom stereocenters. The summed E-state index contributed by atoms with van der Waals surface area (Å²) in [7, 11) is 1.89. The van der Waals surface area contributed by atoms with Gasteiger partial charge in [0.1, 0.15) is 11.6 Å². The molecule has 2 heterocycles. The molecule has 2 aromatic heterocycles. The van der Waals surface area contributed by atoms with Crippen molar-refractivity contribution in [3.8, 4) is 5.82 Å². The van der Waals surface area contributed by atoms with Crippen LogP contribution in [-0.4, -0.2) is 26.8 Å². The molecule has 1 N–H and O–H groups in total. The second-order valence-corrected chi connectivity index (χ2v) is 5.70. The maximum absolute atomic E-state index is 4.75. The average Bonchev–Trinajstić information content (AvgIpc) is 2.73. The Kier molecular flexibility index (Phi) is 4.30. The highest BCUT2D eigenvalue weighted by Crippen LogP contribution is 2.24. The normalized spacial score (nSPS) is 11.2. The molecule has 2 aromatic rings. The van der Waals surface area contributed by atoms with Gasteiger partial charge in [0.15, 0.2) is 5.82 Å². The van der Waals surface area contributed by atoms with E-state index in [1.165, 1.54) is 5.56 Å². The van der Waals surface area contributed by atoms with E-state index in [-0.39, 0.29) is 5.92 Å². The fourth-order valence-corrected chi connectivity index (χ4v) is 2.62. The Bertz CT molecular complexity index is 655. The summed E-state index contributed by atoms with van der Waals surface area (Å²) < 4.78 is 1.96. The number of nitrogens with one attached hydrogen (secondary N) is 1.